The Morgan fingerprint density at radius 2 is 0.513 bits per heavy atom. The van der Waals surface area contributed by atoms with Crippen LogP contribution < -0.4 is 0 Å². The van der Waals surface area contributed by atoms with Crippen molar-refractivity contribution in [3.63, 3.8) is 0 Å². The van der Waals surface area contributed by atoms with E-state index in [0.29, 0.717) is 19.3 Å². The fourth-order valence-electron chi connectivity index (χ4n) is 9.84. The van der Waals surface area contributed by atoms with Crippen molar-refractivity contribution in [2.75, 3.05) is 13.2 Å². The summed E-state index contributed by atoms with van der Waals surface area (Å²) < 4.78 is 16.9. The van der Waals surface area contributed by atoms with Crippen molar-refractivity contribution in [1.29, 1.82) is 0 Å². The van der Waals surface area contributed by atoms with E-state index in [1.54, 1.807) is 0 Å². The Morgan fingerprint density at radius 3 is 0.789 bits per heavy atom. The summed E-state index contributed by atoms with van der Waals surface area (Å²) in [4.78, 5) is 38.2. The minimum atomic E-state index is -0.801. The molecule has 0 aliphatic rings. The molecular weight excluding hydrogens is 937 g/mol. The van der Waals surface area contributed by atoms with Crippen LogP contribution >= 0.6 is 0 Å². The molecule has 442 valence electrons. The van der Waals surface area contributed by atoms with Gasteiger partial charge in [-0.25, -0.2) is 0 Å². The van der Waals surface area contributed by atoms with Gasteiger partial charge in [-0.1, -0.05) is 332 Å². The maximum atomic E-state index is 12.9. The van der Waals surface area contributed by atoms with Gasteiger partial charge in [0.1, 0.15) is 13.2 Å². The van der Waals surface area contributed by atoms with E-state index in [1.165, 1.54) is 225 Å². The molecule has 0 saturated carbocycles. The zero-order valence-corrected chi connectivity index (χ0v) is 50.8. The lowest BCUT2D eigenvalue weighted by Crippen LogP contribution is -2.30. The summed E-state index contributed by atoms with van der Waals surface area (Å²) in [6.07, 6.45) is 82.7. The van der Waals surface area contributed by atoms with Crippen LogP contribution in [0.5, 0.6) is 0 Å². The van der Waals surface area contributed by atoms with E-state index < -0.39 is 6.10 Å². The van der Waals surface area contributed by atoms with Gasteiger partial charge in [-0.2, -0.15) is 0 Å². The van der Waals surface area contributed by atoms with Gasteiger partial charge in [0.05, 0.1) is 0 Å². The van der Waals surface area contributed by atoms with Gasteiger partial charge in [0, 0.05) is 19.3 Å². The van der Waals surface area contributed by atoms with Crippen LogP contribution in [0.2, 0.25) is 0 Å². The maximum absolute atomic E-state index is 12.9. The number of rotatable bonds is 61. The standard InChI is InChI=1S/C70H126O6/c1-4-7-10-13-16-19-22-24-26-28-29-30-31-32-33-34-35-36-37-38-39-40-42-43-45-48-51-54-57-60-63-69(72)75-66-67(65-74-68(71)62-59-56-53-50-47-21-18-15-12-9-6-3)76-70(73)64-61-58-55-52-49-46-44-41-27-25-23-20-17-14-11-8-5-2/h8,11,17,20,25,27,44,46,52,55,67H,4-7,9-10,12-16,18-19,21-24,26,28-43,45,47-51,53-54,56-66H2,1-3H3/b11-8-,20-17-,27-25-,46-44-,55-52-. The van der Waals surface area contributed by atoms with Gasteiger partial charge in [-0.3, -0.25) is 14.4 Å². The van der Waals surface area contributed by atoms with Crippen LogP contribution in [0.3, 0.4) is 0 Å². The van der Waals surface area contributed by atoms with Gasteiger partial charge in [-0.05, 0) is 57.8 Å². The average Bonchev–Trinajstić information content (AvgIpc) is 3.42. The summed E-state index contributed by atoms with van der Waals surface area (Å²) in [5.74, 6) is -0.935. The van der Waals surface area contributed by atoms with Crippen molar-refractivity contribution in [2.24, 2.45) is 0 Å². The Bertz CT molecular complexity index is 1360. The molecule has 0 bridgehead atoms. The van der Waals surface area contributed by atoms with Crippen LogP contribution in [-0.2, 0) is 28.6 Å². The SMILES string of the molecule is CC/C=C\C/C=C\C/C=C\C/C=C\C/C=C\CCCC(=O)OC(COC(=O)CCCCCCCCCCCCC)COC(=O)CCCCCCCCCCCCCCCCCCCCCCCCCCCCCCCC. The predicted octanol–water partition coefficient (Wildman–Crippen LogP) is 22.7. The third kappa shape index (κ3) is 62.0. The van der Waals surface area contributed by atoms with Crippen LogP contribution in [0.1, 0.15) is 348 Å². The first-order valence-corrected chi connectivity index (χ1v) is 33.3. The van der Waals surface area contributed by atoms with Crippen molar-refractivity contribution >= 4 is 17.9 Å². The minimum absolute atomic E-state index is 0.0926. The van der Waals surface area contributed by atoms with Gasteiger partial charge >= 0.3 is 17.9 Å². The Morgan fingerprint density at radius 1 is 0.276 bits per heavy atom. The van der Waals surface area contributed by atoms with Crippen molar-refractivity contribution in [3.8, 4) is 0 Å². The largest absolute Gasteiger partial charge is 0.462 e. The van der Waals surface area contributed by atoms with Crippen molar-refractivity contribution < 1.29 is 28.6 Å². The fraction of sp³-hybridized carbons (Fsp3) is 0.814. The highest BCUT2D eigenvalue weighted by Crippen LogP contribution is 2.18. The third-order valence-corrected chi connectivity index (χ3v) is 14.8. The van der Waals surface area contributed by atoms with Crippen LogP contribution in [0.15, 0.2) is 60.8 Å². The van der Waals surface area contributed by atoms with Crippen molar-refractivity contribution in [2.45, 2.75) is 354 Å². The molecule has 6 nitrogen and oxygen atoms in total. The van der Waals surface area contributed by atoms with Crippen molar-refractivity contribution in [3.05, 3.63) is 60.8 Å². The second-order valence-electron chi connectivity index (χ2n) is 22.4. The molecule has 0 aliphatic heterocycles. The number of allylic oxidation sites excluding steroid dienone is 10. The molecule has 0 spiro atoms. The summed E-state index contributed by atoms with van der Waals surface area (Å²) in [6, 6.07) is 0. The van der Waals surface area contributed by atoms with E-state index in [1.807, 2.05) is 0 Å². The Balaban J connectivity index is 4.17. The molecule has 0 aromatic carbocycles. The van der Waals surface area contributed by atoms with Crippen LogP contribution in [0.4, 0.5) is 0 Å². The summed E-state index contributed by atoms with van der Waals surface area (Å²) in [5.41, 5.74) is 0. The Hall–Kier alpha value is -2.89. The fourth-order valence-corrected chi connectivity index (χ4v) is 9.84. The number of carbonyl (C=O) groups is 3. The number of ether oxygens (including phenoxy) is 3. The molecule has 6 heteroatoms. The number of esters is 3. The highest BCUT2D eigenvalue weighted by Gasteiger charge is 2.19. The molecule has 1 atom stereocenters. The lowest BCUT2D eigenvalue weighted by Gasteiger charge is -2.18. The Kier molecular flexibility index (Phi) is 62.2. The molecule has 76 heavy (non-hydrogen) atoms. The molecular formula is C70H126O6. The first-order chi connectivity index (χ1) is 37.5. The smallest absolute Gasteiger partial charge is 0.306 e. The second kappa shape index (κ2) is 64.6. The first-order valence-electron chi connectivity index (χ1n) is 33.3. The van der Waals surface area contributed by atoms with Gasteiger partial charge < -0.3 is 14.2 Å². The first kappa shape index (κ1) is 73.1. The molecule has 0 aliphatic carbocycles. The number of hydrogen-bond donors (Lipinski definition) is 0. The summed E-state index contributed by atoms with van der Waals surface area (Å²) in [7, 11) is 0. The molecule has 0 aromatic heterocycles. The zero-order valence-electron chi connectivity index (χ0n) is 50.8. The molecule has 0 rings (SSSR count). The quantitative estimate of drug-likeness (QED) is 0.0261. The number of unbranched alkanes of at least 4 members (excludes halogenated alkanes) is 40. The third-order valence-electron chi connectivity index (χ3n) is 14.8. The van der Waals surface area contributed by atoms with Crippen LogP contribution in [0.25, 0.3) is 0 Å². The van der Waals surface area contributed by atoms with Crippen LogP contribution in [0, 0.1) is 0 Å². The molecule has 0 heterocycles. The van der Waals surface area contributed by atoms with Gasteiger partial charge in [0.2, 0.25) is 0 Å². The molecule has 0 saturated heterocycles. The summed E-state index contributed by atoms with van der Waals surface area (Å²) in [5, 5.41) is 0. The molecule has 0 radical (unpaired) electrons. The molecule has 0 fully saturated rings. The highest BCUT2D eigenvalue weighted by atomic mass is 16.6. The van der Waals surface area contributed by atoms with Gasteiger partial charge in [0.25, 0.3) is 0 Å². The van der Waals surface area contributed by atoms with E-state index in [-0.39, 0.29) is 37.5 Å². The monoisotopic (exact) mass is 1060 g/mol. The normalized spacial score (nSPS) is 12.4. The minimum Gasteiger partial charge on any atom is -0.462 e. The van der Waals surface area contributed by atoms with E-state index in [4.69, 9.17) is 14.2 Å². The van der Waals surface area contributed by atoms with E-state index >= 15 is 0 Å². The molecule has 0 N–H and O–H groups in total. The van der Waals surface area contributed by atoms with E-state index in [2.05, 4.69) is 81.5 Å². The van der Waals surface area contributed by atoms with Gasteiger partial charge in [0.15, 0.2) is 6.10 Å². The second-order valence-corrected chi connectivity index (χ2v) is 22.4. The lowest BCUT2D eigenvalue weighted by atomic mass is 10.0. The van der Waals surface area contributed by atoms with E-state index in [9.17, 15) is 14.4 Å². The number of hydrogen-bond acceptors (Lipinski definition) is 6. The topological polar surface area (TPSA) is 78.9 Å². The Labute approximate surface area is 472 Å². The van der Waals surface area contributed by atoms with Crippen molar-refractivity contribution in [1.82, 2.24) is 0 Å². The molecule has 0 aromatic rings. The zero-order chi connectivity index (χ0) is 55.0. The van der Waals surface area contributed by atoms with Crippen LogP contribution in [-0.4, -0.2) is 37.2 Å². The molecule has 1 unspecified atom stereocenters. The average molecular weight is 1060 g/mol. The molecule has 0 amide bonds. The highest BCUT2D eigenvalue weighted by molar-refractivity contribution is 5.71. The predicted molar refractivity (Wildman–Crippen MR) is 330 cm³/mol. The number of carbonyl (C=O) groups excluding carboxylic acids is 3. The van der Waals surface area contributed by atoms with Gasteiger partial charge in [-0.15, -0.1) is 0 Å². The summed E-state index contributed by atoms with van der Waals surface area (Å²) >= 11 is 0. The lowest BCUT2D eigenvalue weighted by molar-refractivity contribution is -0.167. The summed E-state index contributed by atoms with van der Waals surface area (Å²) in [6.45, 7) is 6.52. The maximum Gasteiger partial charge on any atom is 0.306 e. The van der Waals surface area contributed by atoms with E-state index in [0.717, 1.165) is 77.0 Å².